The molecule has 0 bridgehead atoms. The molecule has 1 N–H and O–H groups in total. The SMILES string of the molecule is O=c1[nH]c2cc3c(cc2cc1C(c1nnnn1C1CCCC1)N(Cc1cccnc1)Cc1ccco1)OCO3. The maximum Gasteiger partial charge on any atom is 0.253 e. The first-order chi connectivity index (χ1) is 19.2. The molecule has 11 nitrogen and oxygen atoms in total. The van der Waals surface area contributed by atoms with Crippen molar-refractivity contribution in [3.63, 3.8) is 0 Å². The van der Waals surface area contributed by atoms with Crippen molar-refractivity contribution >= 4 is 10.9 Å². The first-order valence-corrected chi connectivity index (χ1v) is 13.1. The zero-order valence-corrected chi connectivity index (χ0v) is 21.2. The summed E-state index contributed by atoms with van der Waals surface area (Å²) < 4.78 is 18.8. The Morgan fingerprint density at radius 1 is 1.08 bits per heavy atom. The summed E-state index contributed by atoms with van der Waals surface area (Å²) in [6, 6.07) is 12.9. The molecule has 1 unspecified atom stereocenters. The first-order valence-electron chi connectivity index (χ1n) is 13.1. The van der Waals surface area contributed by atoms with Crippen LogP contribution in [0.3, 0.4) is 0 Å². The summed E-state index contributed by atoms with van der Waals surface area (Å²) in [5.74, 6) is 2.66. The van der Waals surface area contributed by atoms with E-state index >= 15 is 0 Å². The highest BCUT2D eigenvalue weighted by atomic mass is 16.7. The van der Waals surface area contributed by atoms with Crippen LogP contribution in [0, 0.1) is 0 Å². The van der Waals surface area contributed by atoms with Gasteiger partial charge < -0.3 is 18.9 Å². The summed E-state index contributed by atoms with van der Waals surface area (Å²) in [5, 5.41) is 13.9. The molecule has 0 spiro atoms. The van der Waals surface area contributed by atoms with Crippen molar-refractivity contribution in [2.45, 2.75) is 50.9 Å². The number of hydrogen-bond donors (Lipinski definition) is 1. The van der Waals surface area contributed by atoms with Gasteiger partial charge in [0.2, 0.25) is 6.79 Å². The molecule has 1 saturated carbocycles. The van der Waals surface area contributed by atoms with Crippen LogP contribution >= 0.6 is 0 Å². The molecule has 39 heavy (non-hydrogen) atoms. The number of tetrazole rings is 1. The van der Waals surface area contributed by atoms with E-state index in [0.717, 1.165) is 42.4 Å². The van der Waals surface area contributed by atoms with Crippen LogP contribution in [0.25, 0.3) is 10.9 Å². The molecule has 4 aromatic heterocycles. The molecule has 5 heterocycles. The molecule has 0 amide bonds. The molecule has 1 atom stereocenters. The number of nitrogens with one attached hydrogen (secondary N) is 1. The van der Waals surface area contributed by atoms with Crippen molar-refractivity contribution in [2.24, 2.45) is 0 Å². The highest BCUT2D eigenvalue weighted by molar-refractivity contribution is 5.83. The Kier molecular flexibility index (Phi) is 6.04. The fourth-order valence-electron chi connectivity index (χ4n) is 5.67. The van der Waals surface area contributed by atoms with Gasteiger partial charge >= 0.3 is 0 Å². The van der Waals surface area contributed by atoms with E-state index in [0.29, 0.717) is 41.5 Å². The smallest absolute Gasteiger partial charge is 0.253 e. The van der Waals surface area contributed by atoms with E-state index in [1.54, 1.807) is 18.5 Å². The lowest BCUT2D eigenvalue weighted by molar-refractivity contribution is 0.174. The van der Waals surface area contributed by atoms with Gasteiger partial charge in [-0.15, -0.1) is 5.10 Å². The Hall–Kier alpha value is -4.51. The topological polar surface area (TPSA) is 124 Å². The van der Waals surface area contributed by atoms with Crippen LogP contribution in [-0.4, -0.2) is 41.9 Å². The van der Waals surface area contributed by atoms with Crippen LogP contribution in [-0.2, 0) is 13.1 Å². The molecule has 7 rings (SSSR count). The number of nitrogens with zero attached hydrogens (tertiary/aromatic N) is 6. The number of benzene rings is 1. The summed E-state index contributed by atoms with van der Waals surface area (Å²) in [6.07, 6.45) is 9.50. The van der Waals surface area contributed by atoms with E-state index in [-0.39, 0.29) is 18.4 Å². The second kappa shape index (κ2) is 9.99. The molecule has 5 aromatic rings. The van der Waals surface area contributed by atoms with Gasteiger partial charge in [0, 0.05) is 36.0 Å². The minimum absolute atomic E-state index is 0.156. The monoisotopic (exact) mass is 525 g/mol. The Labute approximate surface area is 223 Å². The second-order valence-electron chi connectivity index (χ2n) is 10.0. The number of ether oxygens (including phenoxy) is 2. The van der Waals surface area contributed by atoms with Crippen LogP contribution in [0.4, 0.5) is 0 Å². The Balaban J connectivity index is 1.40. The molecule has 1 fully saturated rings. The molecule has 1 aliphatic heterocycles. The van der Waals surface area contributed by atoms with Crippen LogP contribution < -0.4 is 15.0 Å². The molecule has 2 aliphatic rings. The van der Waals surface area contributed by atoms with E-state index < -0.39 is 6.04 Å². The van der Waals surface area contributed by atoms with Crippen molar-refractivity contribution in [1.29, 1.82) is 0 Å². The van der Waals surface area contributed by atoms with Gasteiger partial charge in [-0.3, -0.25) is 14.7 Å². The standard InChI is InChI=1S/C28H27N7O4/c36-28-22(11-19-12-24-25(39-17-38-24)13-23(19)30-28)26(27-31-32-33-35(27)20-6-1-2-7-20)34(16-21-8-4-10-37-21)15-18-5-3-9-29-14-18/h3-5,8-14,20,26H,1-2,6-7,15-17H2,(H,30,36). The zero-order chi connectivity index (χ0) is 26.2. The van der Waals surface area contributed by atoms with E-state index in [1.165, 1.54) is 0 Å². The van der Waals surface area contributed by atoms with Crippen LogP contribution in [0.15, 0.2) is 70.3 Å². The molecular formula is C28H27N7O4. The van der Waals surface area contributed by atoms with Crippen LogP contribution in [0.1, 0.15) is 60.5 Å². The molecule has 198 valence electrons. The van der Waals surface area contributed by atoms with Crippen molar-refractivity contribution in [2.75, 3.05) is 6.79 Å². The number of rotatable bonds is 8. The number of aromatic nitrogens is 6. The summed E-state index contributed by atoms with van der Waals surface area (Å²) in [6.45, 7) is 1.08. The van der Waals surface area contributed by atoms with Gasteiger partial charge in [0.25, 0.3) is 5.56 Å². The van der Waals surface area contributed by atoms with E-state index in [1.807, 2.05) is 47.3 Å². The van der Waals surface area contributed by atoms with Gasteiger partial charge in [-0.1, -0.05) is 18.9 Å². The van der Waals surface area contributed by atoms with Gasteiger partial charge in [-0.25, -0.2) is 4.68 Å². The molecule has 0 radical (unpaired) electrons. The van der Waals surface area contributed by atoms with Gasteiger partial charge in [0.15, 0.2) is 17.3 Å². The summed E-state index contributed by atoms with van der Waals surface area (Å²) in [7, 11) is 0. The average Bonchev–Trinajstić information content (AvgIpc) is 3.77. The maximum absolute atomic E-state index is 13.8. The molecule has 1 aromatic carbocycles. The highest BCUT2D eigenvalue weighted by Gasteiger charge is 2.34. The van der Waals surface area contributed by atoms with Gasteiger partial charge in [-0.2, -0.15) is 0 Å². The number of furan rings is 1. The third-order valence-corrected chi connectivity index (χ3v) is 7.51. The molecule has 0 saturated heterocycles. The Morgan fingerprint density at radius 2 is 1.95 bits per heavy atom. The van der Waals surface area contributed by atoms with Crippen molar-refractivity contribution in [1.82, 2.24) is 35.1 Å². The number of hydrogen-bond acceptors (Lipinski definition) is 9. The number of fused-ring (bicyclic) bond motifs is 2. The van der Waals surface area contributed by atoms with Crippen LogP contribution in [0.2, 0.25) is 0 Å². The van der Waals surface area contributed by atoms with Gasteiger partial charge in [0.05, 0.1) is 24.4 Å². The Bertz CT molecular complexity index is 1640. The lowest BCUT2D eigenvalue weighted by Gasteiger charge is -2.31. The van der Waals surface area contributed by atoms with Crippen LogP contribution in [0.5, 0.6) is 11.5 Å². The molecular weight excluding hydrogens is 498 g/mol. The fourth-order valence-corrected chi connectivity index (χ4v) is 5.67. The van der Waals surface area contributed by atoms with E-state index in [2.05, 4.69) is 30.4 Å². The van der Waals surface area contributed by atoms with Crippen molar-refractivity contribution < 1.29 is 13.9 Å². The average molecular weight is 526 g/mol. The van der Waals surface area contributed by atoms with Crippen molar-refractivity contribution in [3.8, 4) is 11.5 Å². The highest BCUT2D eigenvalue weighted by Crippen LogP contribution is 2.38. The minimum atomic E-state index is -0.565. The summed E-state index contributed by atoms with van der Waals surface area (Å²) in [5.41, 5.74) is 1.98. The first kappa shape index (κ1) is 23.6. The predicted octanol–water partition coefficient (Wildman–Crippen LogP) is 4.14. The third-order valence-electron chi connectivity index (χ3n) is 7.51. The predicted molar refractivity (Wildman–Crippen MR) is 140 cm³/mol. The normalized spacial score (nSPS) is 15.9. The third kappa shape index (κ3) is 4.54. The lowest BCUT2D eigenvalue weighted by Crippen LogP contribution is -2.35. The number of H-pyrrole nitrogens is 1. The van der Waals surface area contributed by atoms with Gasteiger partial charge in [0.1, 0.15) is 11.8 Å². The largest absolute Gasteiger partial charge is 0.468 e. The van der Waals surface area contributed by atoms with Crippen molar-refractivity contribution in [3.05, 3.63) is 94.2 Å². The minimum Gasteiger partial charge on any atom is -0.468 e. The molecule has 11 heteroatoms. The van der Waals surface area contributed by atoms with Gasteiger partial charge in [-0.05, 0) is 59.2 Å². The summed E-state index contributed by atoms with van der Waals surface area (Å²) in [4.78, 5) is 23.3. The summed E-state index contributed by atoms with van der Waals surface area (Å²) >= 11 is 0. The second-order valence-corrected chi connectivity index (χ2v) is 10.0. The lowest BCUT2D eigenvalue weighted by atomic mass is 10.0. The quantitative estimate of drug-likeness (QED) is 0.318. The van der Waals surface area contributed by atoms with E-state index in [9.17, 15) is 4.79 Å². The number of aromatic amines is 1. The zero-order valence-electron chi connectivity index (χ0n) is 21.2. The maximum atomic E-state index is 13.8. The molecule has 1 aliphatic carbocycles. The number of pyridine rings is 2. The van der Waals surface area contributed by atoms with E-state index in [4.69, 9.17) is 13.9 Å². The fraction of sp³-hybridized carbons (Fsp3) is 0.321. The Morgan fingerprint density at radius 3 is 2.74 bits per heavy atom.